The van der Waals surface area contributed by atoms with Gasteiger partial charge in [0.2, 0.25) is 0 Å². The van der Waals surface area contributed by atoms with Gasteiger partial charge in [-0.15, -0.1) is 0 Å². The second kappa shape index (κ2) is 9.04. The number of ether oxygens (including phenoxy) is 2. The number of benzene rings is 1. The molecule has 2 N–H and O–H groups in total. The molecule has 1 amide bonds. The molecule has 0 aliphatic heterocycles. The maximum atomic E-state index is 12.0. The molecule has 0 aromatic heterocycles. The SMILES string of the molecule is CC(C)CCOC(C)C(=O)Nc1cccc(OCC(=O)O)c1. The van der Waals surface area contributed by atoms with E-state index in [9.17, 15) is 9.59 Å². The Morgan fingerprint density at radius 1 is 1.27 bits per heavy atom. The van der Waals surface area contributed by atoms with Gasteiger partial charge >= 0.3 is 5.97 Å². The maximum absolute atomic E-state index is 12.0. The molecule has 6 heteroatoms. The van der Waals surface area contributed by atoms with Gasteiger partial charge in [-0.3, -0.25) is 4.79 Å². The smallest absolute Gasteiger partial charge is 0.341 e. The predicted octanol–water partition coefficient (Wildman–Crippen LogP) is 2.54. The standard InChI is InChI=1S/C16H23NO5/c1-11(2)7-8-21-12(3)16(20)17-13-5-4-6-14(9-13)22-10-15(18)19/h4-6,9,11-12H,7-8,10H2,1-3H3,(H,17,20)(H,18,19). The van der Waals surface area contributed by atoms with Crippen molar-refractivity contribution in [3.63, 3.8) is 0 Å². The molecule has 0 spiro atoms. The van der Waals surface area contributed by atoms with Crippen LogP contribution in [-0.4, -0.2) is 36.3 Å². The van der Waals surface area contributed by atoms with Crippen LogP contribution in [0.1, 0.15) is 27.2 Å². The number of aliphatic carboxylic acids is 1. The quantitative estimate of drug-likeness (QED) is 0.732. The van der Waals surface area contributed by atoms with E-state index in [2.05, 4.69) is 19.2 Å². The molecule has 0 aliphatic rings. The first kappa shape index (κ1) is 18.0. The molecule has 0 heterocycles. The number of hydrogen-bond donors (Lipinski definition) is 2. The summed E-state index contributed by atoms with van der Waals surface area (Å²) in [5.41, 5.74) is 0.534. The van der Waals surface area contributed by atoms with Gasteiger partial charge in [-0.05, 0) is 31.4 Å². The summed E-state index contributed by atoms with van der Waals surface area (Å²) in [6.45, 7) is 5.99. The summed E-state index contributed by atoms with van der Waals surface area (Å²) in [5, 5.41) is 11.3. The van der Waals surface area contributed by atoms with E-state index in [1.165, 1.54) is 0 Å². The summed E-state index contributed by atoms with van der Waals surface area (Å²) < 4.78 is 10.5. The van der Waals surface area contributed by atoms with E-state index in [1.807, 2.05) is 0 Å². The summed E-state index contributed by atoms with van der Waals surface area (Å²) >= 11 is 0. The fourth-order valence-corrected chi connectivity index (χ4v) is 1.61. The Hall–Kier alpha value is -2.08. The van der Waals surface area contributed by atoms with Crippen molar-refractivity contribution in [2.24, 2.45) is 5.92 Å². The Balaban J connectivity index is 2.49. The van der Waals surface area contributed by atoms with Gasteiger partial charge in [0.25, 0.3) is 5.91 Å². The number of anilines is 1. The van der Waals surface area contributed by atoms with Gasteiger partial charge < -0.3 is 19.9 Å². The molecule has 0 saturated heterocycles. The van der Waals surface area contributed by atoms with Crippen LogP contribution in [0.2, 0.25) is 0 Å². The van der Waals surface area contributed by atoms with Crippen LogP contribution in [0.15, 0.2) is 24.3 Å². The number of carbonyl (C=O) groups excluding carboxylic acids is 1. The van der Waals surface area contributed by atoms with Crippen molar-refractivity contribution in [1.29, 1.82) is 0 Å². The van der Waals surface area contributed by atoms with Crippen molar-refractivity contribution in [1.82, 2.24) is 0 Å². The third-order valence-corrected chi connectivity index (χ3v) is 2.90. The molecule has 0 saturated carbocycles. The monoisotopic (exact) mass is 309 g/mol. The molecule has 0 bridgehead atoms. The third-order valence-electron chi connectivity index (χ3n) is 2.90. The molecule has 0 radical (unpaired) electrons. The lowest BCUT2D eigenvalue weighted by molar-refractivity contribution is -0.139. The largest absolute Gasteiger partial charge is 0.482 e. The average Bonchev–Trinajstić information content (AvgIpc) is 2.45. The van der Waals surface area contributed by atoms with E-state index in [1.54, 1.807) is 31.2 Å². The number of carboxylic acids is 1. The summed E-state index contributed by atoms with van der Waals surface area (Å²) in [6, 6.07) is 6.58. The van der Waals surface area contributed by atoms with E-state index < -0.39 is 18.7 Å². The molecule has 1 rings (SSSR count). The minimum absolute atomic E-state index is 0.251. The minimum Gasteiger partial charge on any atom is -0.482 e. The molecule has 22 heavy (non-hydrogen) atoms. The van der Waals surface area contributed by atoms with Crippen LogP contribution in [0.5, 0.6) is 5.75 Å². The molecule has 1 atom stereocenters. The van der Waals surface area contributed by atoms with Crippen molar-refractivity contribution < 1.29 is 24.2 Å². The molecule has 0 aliphatic carbocycles. The first-order valence-corrected chi connectivity index (χ1v) is 7.25. The lowest BCUT2D eigenvalue weighted by Crippen LogP contribution is -2.28. The van der Waals surface area contributed by atoms with Crippen LogP contribution in [0.25, 0.3) is 0 Å². The highest BCUT2D eigenvalue weighted by Gasteiger charge is 2.14. The Kier molecular flexibility index (Phi) is 7.39. The fraction of sp³-hybridized carbons (Fsp3) is 0.500. The van der Waals surface area contributed by atoms with Crippen molar-refractivity contribution in [3.8, 4) is 5.75 Å². The van der Waals surface area contributed by atoms with E-state index in [4.69, 9.17) is 14.6 Å². The maximum Gasteiger partial charge on any atom is 0.341 e. The highest BCUT2D eigenvalue weighted by atomic mass is 16.5. The molecule has 1 aromatic rings. The van der Waals surface area contributed by atoms with Gasteiger partial charge in [0.05, 0.1) is 0 Å². The first-order valence-electron chi connectivity index (χ1n) is 7.25. The lowest BCUT2D eigenvalue weighted by Gasteiger charge is -2.14. The van der Waals surface area contributed by atoms with Crippen LogP contribution < -0.4 is 10.1 Å². The van der Waals surface area contributed by atoms with E-state index in [0.717, 1.165) is 6.42 Å². The van der Waals surface area contributed by atoms with E-state index in [-0.39, 0.29) is 5.91 Å². The van der Waals surface area contributed by atoms with Gasteiger partial charge in [0, 0.05) is 18.4 Å². The zero-order chi connectivity index (χ0) is 16.5. The van der Waals surface area contributed by atoms with Crippen LogP contribution in [-0.2, 0) is 14.3 Å². The first-order chi connectivity index (χ1) is 10.4. The number of carboxylic acid groups (broad SMARTS) is 1. The number of amides is 1. The van der Waals surface area contributed by atoms with Crippen LogP contribution in [0.4, 0.5) is 5.69 Å². The van der Waals surface area contributed by atoms with Gasteiger partial charge in [-0.2, -0.15) is 0 Å². The number of hydrogen-bond acceptors (Lipinski definition) is 4. The molecular formula is C16H23NO5. The van der Waals surface area contributed by atoms with Gasteiger partial charge in [-0.25, -0.2) is 4.79 Å². The second-order valence-corrected chi connectivity index (χ2v) is 5.40. The highest BCUT2D eigenvalue weighted by molar-refractivity contribution is 5.94. The molecule has 0 fully saturated rings. The van der Waals surface area contributed by atoms with Crippen molar-refractivity contribution in [2.45, 2.75) is 33.3 Å². The third kappa shape index (κ3) is 7.08. The molecule has 6 nitrogen and oxygen atoms in total. The summed E-state index contributed by atoms with van der Waals surface area (Å²) in [4.78, 5) is 22.5. The average molecular weight is 309 g/mol. The molecule has 122 valence electrons. The predicted molar refractivity (Wildman–Crippen MR) is 83.1 cm³/mol. The number of carbonyl (C=O) groups is 2. The highest BCUT2D eigenvalue weighted by Crippen LogP contribution is 2.17. The van der Waals surface area contributed by atoms with Crippen molar-refractivity contribution >= 4 is 17.6 Å². The Labute approximate surface area is 130 Å². The molecule has 1 aromatic carbocycles. The topological polar surface area (TPSA) is 84.9 Å². The Bertz CT molecular complexity index is 501. The normalized spacial score (nSPS) is 12.0. The van der Waals surface area contributed by atoms with Crippen LogP contribution >= 0.6 is 0 Å². The lowest BCUT2D eigenvalue weighted by atomic mass is 10.1. The fourth-order valence-electron chi connectivity index (χ4n) is 1.61. The van der Waals surface area contributed by atoms with Crippen molar-refractivity contribution in [2.75, 3.05) is 18.5 Å². The van der Waals surface area contributed by atoms with E-state index in [0.29, 0.717) is 24.0 Å². The van der Waals surface area contributed by atoms with Crippen LogP contribution in [0.3, 0.4) is 0 Å². The number of rotatable bonds is 9. The Morgan fingerprint density at radius 2 is 2.00 bits per heavy atom. The van der Waals surface area contributed by atoms with Crippen LogP contribution in [0, 0.1) is 5.92 Å². The molecule has 1 unspecified atom stereocenters. The number of nitrogens with one attached hydrogen (secondary N) is 1. The summed E-state index contributed by atoms with van der Waals surface area (Å²) in [6.07, 6.45) is 0.346. The van der Waals surface area contributed by atoms with Gasteiger partial charge in [0.15, 0.2) is 6.61 Å². The zero-order valence-electron chi connectivity index (χ0n) is 13.2. The summed E-state index contributed by atoms with van der Waals surface area (Å²) in [7, 11) is 0. The summed E-state index contributed by atoms with van der Waals surface area (Å²) in [5.74, 6) is -0.396. The minimum atomic E-state index is -1.05. The van der Waals surface area contributed by atoms with Crippen molar-refractivity contribution in [3.05, 3.63) is 24.3 Å². The van der Waals surface area contributed by atoms with Gasteiger partial charge in [-0.1, -0.05) is 19.9 Å². The molecular weight excluding hydrogens is 286 g/mol. The van der Waals surface area contributed by atoms with Gasteiger partial charge in [0.1, 0.15) is 11.9 Å². The van der Waals surface area contributed by atoms with E-state index >= 15 is 0 Å². The zero-order valence-corrected chi connectivity index (χ0v) is 13.2. The Morgan fingerprint density at radius 3 is 2.64 bits per heavy atom. The second-order valence-electron chi connectivity index (χ2n) is 5.40.